The highest BCUT2D eigenvalue weighted by Gasteiger charge is 2.15. The summed E-state index contributed by atoms with van der Waals surface area (Å²) in [6.45, 7) is 3.62. The number of nitrogens with zero attached hydrogens (tertiary/aromatic N) is 2. The van der Waals surface area contributed by atoms with Crippen molar-refractivity contribution in [2.45, 2.75) is 13.3 Å². The average Bonchev–Trinajstić information content (AvgIpc) is 2.15. The molecule has 1 N–H and O–H groups in total. The van der Waals surface area contributed by atoms with Gasteiger partial charge in [-0.25, -0.2) is 4.98 Å². The maximum absolute atomic E-state index is 10.8. The van der Waals surface area contributed by atoms with Crippen molar-refractivity contribution in [3.63, 3.8) is 0 Å². The number of hydrogen-bond donors (Lipinski definition) is 1. The van der Waals surface area contributed by atoms with Gasteiger partial charge in [-0.2, -0.15) is 0 Å². The van der Waals surface area contributed by atoms with E-state index in [0.717, 1.165) is 18.9 Å². The molecule has 5 nitrogen and oxygen atoms in total. The lowest BCUT2D eigenvalue weighted by Gasteiger charge is -2.32. The molecule has 1 aliphatic rings. The number of pyridine rings is 1. The molecule has 1 amide bonds. The fourth-order valence-corrected chi connectivity index (χ4v) is 1.39. The molecular weight excluding hydrogens is 242 g/mol. The minimum Gasteiger partial charge on any atom is -0.356 e. The van der Waals surface area contributed by atoms with Crippen LogP contribution < -0.4 is 10.2 Å². The van der Waals surface area contributed by atoms with Gasteiger partial charge in [0.2, 0.25) is 11.7 Å². The molecule has 17 heavy (non-hydrogen) atoms. The van der Waals surface area contributed by atoms with Crippen molar-refractivity contribution >= 4 is 34.9 Å². The van der Waals surface area contributed by atoms with Crippen LogP contribution in [0.2, 0.25) is 0 Å². The van der Waals surface area contributed by atoms with Gasteiger partial charge in [-0.05, 0) is 30.2 Å². The minimum atomic E-state index is -0.0849. The number of amides is 1. The Bertz CT molecular complexity index is 394. The van der Waals surface area contributed by atoms with Crippen molar-refractivity contribution in [3.05, 3.63) is 18.2 Å². The maximum Gasteiger partial charge on any atom is 0.222 e. The van der Waals surface area contributed by atoms with E-state index in [-0.39, 0.29) is 11.7 Å². The molecule has 2 heterocycles. The number of rotatable bonds is 2. The van der Waals surface area contributed by atoms with Gasteiger partial charge in [-0.1, -0.05) is 6.07 Å². The molecule has 0 aromatic carbocycles. The molecule has 1 saturated heterocycles. The van der Waals surface area contributed by atoms with Crippen molar-refractivity contribution in [1.29, 1.82) is 0 Å². The normalized spacial score (nSPS) is 12.9. The Morgan fingerprint density at radius 2 is 2.18 bits per heavy atom. The molecule has 92 valence electrons. The number of aromatic nitrogens is 1. The first-order chi connectivity index (χ1) is 8.17. The molecule has 1 aliphatic heterocycles. The van der Waals surface area contributed by atoms with Gasteiger partial charge < -0.3 is 10.2 Å². The Morgan fingerprint density at radius 3 is 2.65 bits per heavy atom. The van der Waals surface area contributed by atoms with Gasteiger partial charge in [-0.15, -0.1) is 0 Å². The summed E-state index contributed by atoms with van der Waals surface area (Å²) in [6.07, 6.45) is 1.23. The monoisotopic (exact) mass is 255 g/mol. The number of hydrogen-bond acceptors (Lipinski definition) is 4. The van der Waals surface area contributed by atoms with Crippen LogP contribution in [0.3, 0.4) is 0 Å². The Labute approximate surface area is 105 Å². The van der Waals surface area contributed by atoms with Crippen LogP contribution in [0.25, 0.3) is 0 Å². The molecule has 0 bridgehead atoms. The van der Waals surface area contributed by atoms with Gasteiger partial charge in [0.15, 0.2) is 0 Å². The lowest BCUT2D eigenvalue weighted by molar-refractivity contribution is -0.114. The summed E-state index contributed by atoms with van der Waals surface area (Å²) >= 11 is 4.32. The summed E-state index contributed by atoms with van der Waals surface area (Å²) < 4.78 is 0. The summed E-state index contributed by atoms with van der Waals surface area (Å²) in [4.78, 5) is 25.9. The van der Waals surface area contributed by atoms with Crippen molar-refractivity contribution in [2.75, 3.05) is 23.3 Å². The fourth-order valence-electron chi connectivity index (χ4n) is 1.39. The fraction of sp³-hybridized carbons (Fsp3) is 0.364. The number of carbonyl (C=O) groups is 2. The predicted octanol–water partition coefficient (Wildman–Crippen LogP) is 1.67. The predicted molar refractivity (Wildman–Crippen MR) is 68.0 cm³/mol. The molecule has 0 spiro atoms. The Hall–Kier alpha value is -1.62. The standard InChI is InChI=1S/C10H13N3O.CHClO/c1-8(14)11-9-4-2-5-10(12-9)13-6-3-7-13;2-1-3/h2,4-5H,3,6-7H2,1H3,(H,11,12,14);1H. The zero-order chi connectivity index (χ0) is 12.7. The van der Waals surface area contributed by atoms with Crippen LogP contribution in [-0.4, -0.2) is 29.7 Å². The summed E-state index contributed by atoms with van der Waals surface area (Å²) in [5.74, 6) is 1.71. The van der Waals surface area contributed by atoms with Crippen LogP contribution in [0.15, 0.2) is 18.2 Å². The van der Waals surface area contributed by atoms with Crippen molar-refractivity contribution < 1.29 is 9.59 Å². The summed E-state index contributed by atoms with van der Waals surface area (Å²) in [5, 5.41) is 2.67. The van der Waals surface area contributed by atoms with Gasteiger partial charge in [0.05, 0.1) is 0 Å². The molecule has 6 heteroatoms. The van der Waals surface area contributed by atoms with Crippen LogP contribution in [0.1, 0.15) is 13.3 Å². The molecule has 0 aliphatic carbocycles. The highest BCUT2D eigenvalue weighted by atomic mass is 35.5. The van der Waals surface area contributed by atoms with Crippen LogP contribution >= 0.6 is 11.6 Å². The number of carbonyl (C=O) groups excluding carboxylic acids is 2. The van der Waals surface area contributed by atoms with Crippen molar-refractivity contribution in [2.24, 2.45) is 0 Å². The van der Waals surface area contributed by atoms with E-state index < -0.39 is 0 Å². The van der Waals surface area contributed by atoms with Gasteiger partial charge in [0.25, 0.3) is 0 Å². The lowest BCUT2D eigenvalue weighted by atomic mass is 10.2. The van der Waals surface area contributed by atoms with Gasteiger partial charge in [0.1, 0.15) is 11.6 Å². The van der Waals surface area contributed by atoms with Crippen LogP contribution in [0.5, 0.6) is 0 Å². The van der Waals surface area contributed by atoms with Gasteiger partial charge >= 0.3 is 0 Å². The third-order valence-corrected chi connectivity index (χ3v) is 2.22. The molecule has 0 radical (unpaired) electrons. The van der Waals surface area contributed by atoms with Crippen LogP contribution in [-0.2, 0) is 9.59 Å². The second-order valence-corrected chi connectivity index (χ2v) is 3.67. The van der Waals surface area contributed by atoms with E-state index in [2.05, 4.69) is 26.8 Å². The third-order valence-electron chi connectivity index (χ3n) is 2.22. The molecule has 0 unspecified atom stereocenters. The first-order valence-electron chi connectivity index (χ1n) is 5.21. The van der Waals surface area contributed by atoms with E-state index in [1.807, 2.05) is 12.1 Å². The third kappa shape index (κ3) is 4.40. The first-order valence-corrected chi connectivity index (χ1v) is 5.64. The summed E-state index contributed by atoms with van der Waals surface area (Å²) in [6, 6.07) is 5.67. The average molecular weight is 256 g/mol. The van der Waals surface area contributed by atoms with E-state index in [1.165, 1.54) is 13.3 Å². The molecular formula is C11H14ClN3O2. The van der Waals surface area contributed by atoms with Crippen LogP contribution in [0.4, 0.5) is 11.6 Å². The van der Waals surface area contributed by atoms with Crippen LogP contribution in [0, 0.1) is 0 Å². The minimum absolute atomic E-state index is 0.0849. The summed E-state index contributed by atoms with van der Waals surface area (Å²) in [7, 11) is 0. The largest absolute Gasteiger partial charge is 0.356 e. The van der Waals surface area contributed by atoms with E-state index >= 15 is 0 Å². The molecule has 0 atom stereocenters. The second kappa shape index (κ2) is 6.85. The maximum atomic E-state index is 10.8. The summed E-state index contributed by atoms with van der Waals surface area (Å²) in [5.41, 5.74) is 0. The molecule has 0 saturated carbocycles. The van der Waals surface area contributed by atoms with E-state index in [0.29, 0.717) is 5.82 Å². The number of anilines is 2. The second-order valence-electron chi connectivity index (χ2n) is 3.49. The Morgan fingerprint density at radius 1 is 1.53 bits per heavy atom. The smallest absolute Gasteiger partial charge is 0.222 e. The number of halogens is 1. The van der Waals surface area contributed by atoms with E-state index in [9.17, 15) is 4.79 Å². The SMILES string of the molecule is CC(=O)Nc1cccc(N2CCC2)n1.O=CCl. The Kier molecular flexibility index (Phi) is 5.42. The molecule has 1 aromatic rings. The zero-order valence-corrected chi connectivity index (χ0v) is 10.3. The van der Waals surface area contributed by atoms with Gasteiger partial charge in [-0.3, -0.25) is 9.59 Å². The molecule has 1 aromatic heterocycles. The molecule has 2 rings (SSSR count). The lowest BCUT2D eigenvalue weighted by Crippen LogP contribution is -2.37. The highest BCUT2D eigenvalue weighted by molar-refractivity contribution is 6.54. The van der Waals surface area contributed by atoms with E-state index in [4.69, 9.17) is 4.79 Å². The van der Waals surface area contributed by atoms with Crippen molar-refractivity contribution in [1.82, 2.24) is 4.98 Å². The molecule has 1 fully saturated rings. The first kappa shape index (κ1) is 13.4. The highest BCUT2D eigenvalue weighted by Crippen LogP contribution is 2.19. The topological polar surface area (TPSA) is 62.3 Å². The van der Waals surface area contributed by atoms with Gasteiger partial charge in [0, 0.05) is 20.0 Å². The van der Waals surface area contributed by atoms with Crippen molar-refractivity contribution in [3.8, 4) is 0 Å². The Balaban J connectivity index is 0.000000437. The number of nitrogens with one attached hydrogen (secondary N) is 1. The zero-order valence-electron chi connectivity index (χ0n) is 9.52. The quantitative estimate of drug-likeness (QED) is 0.645. The van der Waals surface area contributed by atoms with E-state index in [1.54, 1.807) is 6.07 Å².